The Kier molecular flexibility index (Phi) is 6.05. The molecule has 2 aliphatic rings. The van der Waals surface area contributed by atoms with Crippen LogP contribution in [-0.2, 0) is 4.79 Å². The summed E-state index contributed by atoms with van der Waals surface area (Å²) in [6.45, 7) is 4.60. The molecule has 8 nitrogen and oxygen atoms in total. The second kappa shape index (κ2) is 9.20. The second-order valence-corrected chi connectivity index (χ2v) is 9.17. The van der Waals surface area contributed by atoms with Gasteiger partial charge in [-0.3, -0.25) is 9.59 Å². The molecular formula is C28H29N3O5. The van der Waals surface area contributed by atoms with E-state index in [1.54, 1.807) is 19.1 Å². The third-order valence-corrected chi connectivity index (χ3v) is 6.95. The molecule has 5 rings (SSSR count). The molecule has 0 unspecified atom stereocenters. The van der Waals surface area contributed by atoms with E-state index in [1.165, 1.54) is 0 Å². The maximum Gasteiger partial charge on any atom is 0.256 e. The zero-order chi connectivity index (χ0) is 25.6. The topological polar surface area (TPSA) is 104 Å². The smallest absolute Gasteiger partial charge is 0.256 e. The zero-order valence-electron chi connectivity index (χ0n) is 20.8. The first-order valence-corrected chi connectivity index (χ1v) is 11.9. The summed E-state index contributed by atoms with van der Waals surface area (Å²) in [4.78, 5) is 31.2. The first-order chi connectivity index (χ1) is 17.3. The van der Waals surface area contributed by atoms with Crippen LogP contribution in [0.1, 0.15) is 39.3 Å². The van der Waals surface area contributed by atoms with Gasteiger partial charge in [-0.05, 0) is 61.2 Å². The fourth-order valence-electron chi connectivity index (χ4n) is 5.10. The van der Waals surface area contributed by atoms with Crippen LogP contribution in [0.4, 0.5) is 5.69 Å². The van der Waals surface area contributed by atoms with Crippen molar-refractivity contribution >= 4 is 29.2 Å². The first-order valence-electron chi connectivity index (χ1n) is 11.9. The van der Waals surface area contributed by atoms with Crippen molar-refractivity contribution in [3.63, 3.8) is 0 Å². The molecule has 0 radical (unpaired) electrons. The molecule has 2 amide bonds. The van der Waals surface area contributed by atoms with E-state index in [2.05, 4.69) is 10.3 Å². The van der Waals surface area contributed by atoms with Crippen molar-refractivity contribution in [1.29, 1.82) is 0 Å². The van der Waals surface area contributed by atoms with Crippen molar-refractivity contribution in [2.75, 3.05) is 32.6 Å². The number of aliphatic hydroxyl groups excluding tert-OH is 1. The number of carbonyl (C=O) groups excluding carboxylic acids is 2. The van der Waals surface area contributed by atoms with Crippen molar-refractivity contribution in [3.05, 3.63) is 64.5 Å². The van der Waals surface area contributed by atoms with E-state index in [1.807, 2.05) is 56.3 Å². The van der Waals surface area contributed by atoms with Crippen LogP contribution in [0, 0.1) is 13.8 Å². The van der Waals surface area contributed by atoms with Gasteiger partial charge < -0.3 is 29.8 Å². The standard InChI is InChI=1S/C28H29N3O5/c1-15-22(29-16(2)25(15)28(34)31-11-10-18(32)14-31)13-20-26-19(6-5-7-21(26)30-27(20)33)17-8-9-23(35-3)24(12-17)36-4/h5-9,12-13,18,29,32H,10-11,14H2,1-4H3,(H,30,33)/b20-13-/t18-/m1/s1. The van der Waals surface area contributed by atoms with Gasteiger partial charge in [0.2, 0.25) is 0 Å². The number of methoxy groups -OCH3 is 2. The molecule has 0 aliphatic carbocycles. The number of anilines is 1. The van der Waals surface area contributed by atoms with Gasteiger partial charge in [0.15, 0.2) is 11.5 Å². The predicted molar refractivity (Wildman–Crippen MR) is 138 cm³/mol. The highest BCUT2D eigenvalue weighted by Gasteiger charge is 2.31. The van der Waals surface area contributed by atoms with E-state index in [0.29, 0.717) is 47.8 Å². The largest absolute Gasteiger partial charge is 0.493 e. The number of benzene rings is 2. The number of aromatic nitrogens is 1. The van der Waals surface area contributed by atoms with Gasteiger partial charge in [0.05, 0.1) is 31.5 Å². The number of hydrogen-bond acceptors (Lipinski definition) is 5. The Labute approximate surface area is 209 Å². The quantitative estimate of drug-likeness (QED) is 0.472. The maximum absolute atomic E-state index is 13.2. The van der Waals surface area contributed by atoms with Crippen LogP contribution in [0.25, 0.3) is 22.8 Å². The number of nitrogens with one attached hydrogen (secondary N) is 2. The van der Waals surface area contributed by atoms with E-state index >= 15 is 0 Å². The van der Waals surface area contributed by atoms with E-state index in [4.69, 9.17) is 9.47 Å². The maximum atomic E-state index is 13.2. The lowest BCUT2D eigenvalue weighted by molar-refractivity contribution is -0.110. The molecule has 2 aromatic carbocycles. The minimum absolute atomic E-state index is 0.107. The monoisotopic (exact) mass is 487 g/mol. The summed E-state index contributed by atoms with van der Waals surface area (Å²) in [5, 5.41) is 12.8. The Morgan fingerprint density at radius 2 is 1.92 bits per heavy atom. The fraction of sp³-hybridized carbons (Fsp3) is 0.286. The van der Waals surface area contributed by atoms with Gasteiger partial charge in [0.1, 0.15) is 0 Å². The minimum Gasteiger partial charge on any atom is -0.493 e. The van der Waals surface area contributed by atoms with Gasteiger partial charge in [-0.2, -0.15) is 0 Å². The number of aliphatic hydroxyl groups is 1. The lowest BCUT2D eigenvalue weighted by Gasteiger charge is -2.16. The first kappa shape index (κ1) is 23.7. The predicted octanol–water partition coefficient (Wildman–Crippen LogP) is 4.02. The van der Waals surface area contributed by atoms with Crippen molar-refractivity contribution in [1.82, 2.24) is 9.88 Å². The number of H-pyrrole nitrogens is 1. The summed E-state index contributed by atoms with van der Waals surface area (Å²) >= 11 is 0. The molecule has 8 heteroatoms. The third-order valence-electron chi connectivity index (χ3n) is 6.95. The average Bonchev–Trinajstić information content (AvgIpc) is 3.53. The van der Waals surface area contributed by atoms with Gasteiger partial charge in [-0.1, -0.05) is 18.2 Å². The van der Waals surface area contributed by atoms with Crippen molar-refractivity contribution in [2.24, 2.45) is 0 Å². The molecule has 0 saturated carbocycles. The van der Waals surface area contributed by atoms with Gasteiger partial charge >= 0.3 is 0 Å². The highest BCUT2D eigenvalue weighted by atomic mass is 16.5. The summed E-state index contributed by atoms with van der Waals surface area (Å²) in [5.41, 5.74) is 6.58. The Morgan fingerprint density at radius 3 is 2.61 bits per heavy atom. The van der Waals surface area contributed by atoms with Crippen LogP contribution >= 0.6 is 0 Å². The number of β-amino-alcohol motifs (C(OH)–C–C–N with tert-alkyl or cyclic N) is 1. The number of likely N-dealkylation sites (tertiary alicyclic amines) is 1. The van der Waals surface area contributed by atoms with E-state index in [9.17, 15) is 14.7 Å². The number of aromatic amines is 1. The zero-order valence-corrected chi connectivity index (χ0v) is 20.8. The minimum atomic E-state index is -0.483. The van der Waals surface area contributed by atoms with Crippen LogP contribution in [0.15, 0.2) is 36.4 Å². The molecule has 0 bridgehead atoms. The molecular weight excluding hydrogens is 458 g/mol. The molecule has 3 heterocycles. The van der Waals surface area contributed by atoms with E-state index in [0.717, 1.165) is 33.6 Å². The molecule has 0 spiro atoms. The summed E-state index contributed by atoms with van der Waals surface area (Å²) in [6, 6.07) is 11.4. The highest BCUT2D eigenvalue weighted by Crippen LogP contribution is 2.42. The van der Waals surface area contributed by atoms with Crippen LogP contribution in [0.2, 0.25) is 0 Å². The van der Waals surface area contributed by atoms with Gasteiger partial charge in [-0.25, -0.2) is 0 Å². The van der Waals surface area contributed by atoms with E-state index in [-0.39, 0.29) is 11.8 Å². The Balaban J connectivity index is 1.58. The lowest BCUT2D eigenvalue weighted by Crippen LogP contribution is -2.30. The summed E-state index contributed by atoms with van der Waals surface area (Å²) < 4.78 is 10.9. The second-order valence-electron chi connectivity index (χ2n) is 9.17. The Morgan fingerprint density at radius 1 is 1.14 bits per heavy atom. The number of hydrogen-bond donors (Lipinski definition) is 3. The summed E-state index contributed by atoms with van der Waals surface area (Å²) in [6.07, 6.45) is 1.91. The molecule has 3 N–H and O–H groups in total. The number of aryl methyl sites for hydroxylation is 1. The summed E-state index contributed by atoms with van der Waals surface area (Å²) in [5.74, 6) is 0.908. The fourth-order valence-corrected chi connectivity index (χ4v) is 5.10. The van der Waals surface area contributed by atoms with E-state index < -0.39 is 6.10 Å². The molecule has 1 aromatic heterocycles. The van der Waals surface area contributed by atoms with Crippen molar-refractivity contribution in [3.8, 4) is 22.6 Å². The van der Waals surface area contributed by atoms with Crippen LogP contribution in [-0.4, -0.2) is 60.2 Å². The Hall–Kier alpha value is -4.04. The van der Waals surface area contributed by atoms with Gasteiger partial charge in [0, 0.05) is 35.7 Å². The van der Waals surface area contributed by atoms with Crippen molar-refractivity contribution in [2.45, 2.75) is 26.4 Å². The Bertz CT molecular complexity index is 1400. The number of amides is 2. The van der Waals surface area contributed by atoms with Crippen LogP contribution in [0.3, 0.4) is 0 Å². The molecule has 186 valence electrons. The molecule has 2 aliphatic heterocycles. The van der Waals surface area contributed by atoms with Crippen molar-refractivity contribution < 1.29 is 24.2 Å². The molecule has 36 heavy (non-hydrogen) atoms. The number of carbonyl (C=O) groups is 2. The SMILES string of the molecule is COc1ccc(-c2cccc3c2/C(=C/c2[nH]c(C)c(C(=O)N4CC[C@@H](O)C4)c2C)C(=O)N3)cc1OC. The number of fused-ring (bicyclic) bond motifs is 1. The van der Waals surface area contributed by atoms with Gasteiger partial charge in [0.25, 0.3) is 11.8 Å². The molecule has 3 aromatic rings. The number of ether oxygens (including phenoxy) is 2. The average molecular weight is 488 g/mol. The lowest BCUT2D eigenvalue weighted by atomic mass is 9.93. The molecule has 1 saturated heterocycles. The van der Waals surface area contributed by atoms with Gasteiger partial charge in [-0.15, -0.1) is 0 Å². The molecule has 1 fully saturated rings. The number of nitrogens with zero attached hydrogens (tertiary/aromatic N) is 1. The van der Waals surface area contributed by atoms with Crippen LogP contribution < -0.4 is 14.8 Å². The molecule has 1 atom stereocenters. The number of rotatable bonds is 5. The third kappa shape index (κ3) is 3.93. The highest BCUT2D eigenvalue weighted by molar-refractivity contribution is 6.36. The van der Waals surface area contributed by atoms with Crippen LogP contribution in [0.5, 0.6) is 11.5 Å². The summed E-state index contributed by atoms with van der Waals surface area (Å²) in [7, 11) is 3.18. The normalized spacial score (nSPS) is 17.9.